The summed E-state index contributed by atoms with van der Waals surface area (Å²) in [7, 11) is 0. The summed E-state index contributed by atoms with van der Waals surface area (Å²) in [4.78, 5) is 22.4. The number of carbonyl (C=O) groups excluding carboxylic acids is 1. The summed E-state index contributed by atoms with van der Waals surface area (Å²) < 4.78 is 0. The van der Waals surface area contributed by atoms with Crippen molar-refractivity contribution in [1.82, 2.24) is 10.6 Å². The van der Waals surface area contributed by atoms with Gasteiger partial charge in [-0.25, -0.2) is 4.79 Å². The highest BCUT2D eigenvalue weighted by Gasteiger charge is 2.38. The molecule has 5 nitrogen and oxygen atoms in total. The Kier molecular flexibility index (Phi) is 3.78. The third-order valence-corrected chi connectivity index (χ3v) is 4.16. The first-order valence-corrected chi connectivity index (χ1v) is 6.77. The lowest BCUT2D eigenvalue weighted by molar-refractivity contribution is -0.143. The second-order valence-corrected chi connectivity index (χ2v) is 5.95. The number of aliphatic carboxylic acids is 1. The highest BCUT2D eigenvalue weighted by Crippen LogP contribution is 2.34. The standard InChI is InChI=1S/C13H22N2O3/c1-13(6-7-13)15-12(18)14-8-9-2-4-10(5-3-9)11(16)17/h9-10H,2-8H2,1H3,(H,16,17)(H2,14,15,18). The zero-order chi connectivity index (χ0) is 13.2. The van der Waals surface area contributed by atoms with Crippen LogP contribution in [0.4, 0.5) is 4.79 Å². The maximum atomic E-state index is 11.6. The van der Waals surface area contributed by atoms with E-state index in [9.17, 15) is 9.59 Å². The number of carboxylic acids is 1. The molecule has 0 bridgehead atoms. The van der Waals surface area contributed by atoms with Crippen molar-refractivity contribution in [3.05, 3.63) is 0 Å². The topological polar surface area (TPSA) is 78.4 Å². The zero-order valence-electron chi connectivity index (χ0n) is 10.9. The minimum atomic E-state index is -0.680. The van der Waals surface area contributed by atoms with Crippen molar-refractivity contribution >= 4 is 12.0 Å². The lowest BCUT2D eigenvalue weighted by atomic mass is 9.82. The van der Waals surface area contributed by atoms with Crippen molar-refractivity contribution < 1.29 is 14.7 Å². The van der Waals surface area contributed by atoms with Gasteiger partial charge in [-0.15, -0.1) is 0 Å². The Morgan fingerprint density at radius 3 is 2.33 bits per heavy atom. The van der Waals surface area contributed by atoms with Crippen molar-refractivity contribution in [3.63, 3.8) is 0 Å². The van der Waals surface area contributed by atoms with Crippen molar-refractivity contribution in [3.8, 4) is 0 Å². The molecule has 2 aliphatic carbocycles. The third-order valence-electron chi connectivity index (χ3n) is 4.16. The van der Waals surface area contributed by atoms with Gasteiger partial charge in [0.05, 0.1) is 5.92 Å². The molecule has 0 radical (unpaired) electrons. The van der Waals surface area contributed by atoms with Gasteiger partial charge in [-0.05, 0) is 51.4 Å². The van der Waals surface area contributed by atoms with Gasteiger partial charge in [0.25, 0.3) is 0 Å². The van der Waals surface area contributed by atoms with E-state index in [1.165, 1.54) is 0 Å². The Bertz CT molecular complexity index is 331. The number of hydrogen-bond donors (Lipinski definition) is 3. The van der Waals surface area contributed by atoms with Crippen molar-refractivity contribution in [1.29, 1.82) is 0 Å². The van der Waals surface area contributed by atoms with Crippen LogP contribution in [0.15, 0.2) is 0 Å². The molecule has 102 valence electrons. The van der Waals surface area contributed by atoms with E-state index in [0.717, 1.165) is 38.5 Å². The van der Waals surface area contributed by atoms with Crippen LogP contribution in [0.5, 0.6) is 0 Å². The molecule has 0 atom stereocenters. The first-order valence-electron chi connectivity index (χ1n) is 6.77. The second-order valence-electron chi connectivity index (χ2n) is 5.95. The molecule has 2 aliphatic rings. The smallest absolute Gasteiger partial charge is 0.315 e. The maximum absolute atomic E-state index is 11.6. The van der Waals surface area contributed by atoms with Gasteiger partial charge in [-0.3, -0.25) is 4.79 Å². The van der Waals surface area contributed by atoms with E-state index >= 15 is 0 Å². The highest BCUT2D eigenvalue weighted by atomic mass is 16.4. The van der Waals surface area contributed by atoms with Crippen LogP contribution in [0.3, 0.4) is 0 Å². The average molecular weight is 254 g/mol. The SMILES string of the molecule is CC1(NC(=O)NCC2CCC(C(=O)O)CC2)CC1. The van der Waals surface area contributed by atoms with E-state index in [2.05, 4.69) is 10.6 Å². The van der Waals surface area contributed by atoms with Gasteiger partial charge in [-0.2, -0.15) is 0 Å². The minimum absolute atomic E-state index is 0.0189. The fraction of sp³-hybridized carbons (Fsp3) is 0.846. The van der Waals surface area contributed by atoms with Gasteiger partial charge in [-0.1, -0.05) is 0 Å². The van der Waals surface area contributed by atoms with Crippen molar-refractivity contribution in [2.45, 2.75) is 51.0 Å². The predicted octanol–water partition coefficient (Wildman–Crippen LogP) is 1.73. The zero-order valence-corrected chi connectivity index (χ0v) is 10.9. The van der Waals surface area contributed by atoms with Crippen LogP contribution in [0.1, 0.15) is 45.4 Å². The van der Waals surface area contributed by atoms with E-state index < -0.39 is 5.97 Å². The summed E-state index contributed by atoms with van der Waals surface area (Å²) in [6, 6.07) is -0.0876. The van der Waals surface area contributed by atoms with Crippen LogP contribution < -0.4 is 10.6 Å². The Morgan fingerprint density at radius 2 is 1.83 bits per heavy atom. The van der Waals surface area contributed by atoms with Crippen LogP contribution in [-0.2, 0) is 4.79 Å². The molecule has 2 amide bonds. The molecule has 0 aromatic heterocycles. The monoisotopic (exact) mass is 254 g/mol. The normalized spacial score (nSPS) is 29.4. The number of amides is 2. The second kappa shape index (κ2) is 5.16. The summed E-state index contributed by atoms with van der Waals surface area (Å²) in [5, 5.41) is 14.7. The molecule has 18 heavy (non-hydrogen) atoms. The van der Waals surface area contributed by atoms with Gasteiger partial charge < -0.3 is 15.7 Å². The molecule has 0 heterocycles. The molecule has 0 spiro atoms. The van der Waals surface area contributed by atoms with Crippen LogP contribution in [-0.4, -0.2) is 29.2 Å². The molecule has 2 rings (SSSR count). The molecular formula is C13H22N2O3. The molecular weight excluding hydrogens is 232 g/mol. The fourth-order valence-corrected chi connectivity index (χ4v) is 2.48. The van der Waals surface area contributed by atoms with Crippen LogP contribution in [0.25, 0.3) is 0 Å². The number of rotatable bonds is 4. The van der Waals surface area contributed by atoms with Crippen LogP contribution in [0.2, 0.25) is 0 Å². The molecule has 0 unspecified atom stereocenters. The third kappa shape index (κ3) is 3.62. The molecule has 5 heteroatoms. The fourth-order valence-electron chi connectivity index (χ4n) is 2.48. The number of carboxylic acid groups (broad SMARTS) is 1. The van der Waals surface area contributed by atoms with Crippen LogP contribution >= 0.6 is 0 Å². The summed E-state index contributed by atoms with van der Waals surface area (Å²) in [6.45, 7) is 2.71. The van der Waals surface area contributed by atoms with Gasteiger partial charge in [0.2, 0.25) is 0 Å². The maximum Gasteiger partial charge on any atom is 0.315 e. The summed E-state index contributed by atoms with van der Waals surface area (Å²) in [6.07, 6.45) is 5.39. The van der Waals surface area contributed by atoms with Gasteiger partial charge in [0.15, 0.2) is 0 Å². The number of urea groups is 1. The number of hydrogen-bond acceptors (Lipinski definition) is 2. The first kappa shape index (κ1) is 13.2. The largest absolute Gasteiger partial charge is 0.481 e. The van der Waals surface area contributed by atoms with E-state index in [1.54, 1.807) is 0 Å². The van der Waals surface area contributed by atoms with Crippen molar-refractivity contribution in [2.75, 3.05) is 6.54 Å². The number of carbonyl (C=O) groups is 2. The predicted molar refractivity (Wildman–Crippen MR) is 67.3 cm³/mol. The van der Waals surface area contributed by atoms with E-state index in [4.69, 9.17) is 5.11 Å². The molecule has 3 N–H and O–H groups in total. The quantitative estimate of drug-likeness (QED) is 0.715. The molecule has 0 aromatic rings. The molecule has 0 saturated heterocycles. The summed E-state index contributed by atoms with van der Waals surface area (Å²) >= 11 is 0. The number of nitrogens with one attached hydrogen (secondary N) is 2. The molecule has 0 aliphatic heterocycles. The van der Waals surface area contributed by atoms with Crippen LogP contribution in [0, 0.1) is 11.8 Å². The lowest BCUT2D eigenvalue weighted by Gasteiger charge is -2.26. The van der Waals surface area contributed by atoms with Gasteiger partial charge >= 0.3 is 12.0 Å². The van der Waals surface area contributed by atoms with E-state index in [1.807, 2.05) is 6.92 Å². The Hall–Kier alpha value is -1.26. The summed E-state index contributed by atoms with van der Waals surface area (Å²) in [5.41, 5.74) is 0.0189. The Balaban J connectivity index is 1.63. The van der Waals surface area contributed by atoms with Crippen molar-refractivity contribution in [2.24, 2.45) is 11.8 Å². The first-order chi connectivity index (χ1) is 8.48. The molecule has 0 aromatic carbocycles. The Labute approximate surface area is 107 Å². The summed E-state index contributed by atoms with van der Waals surface area (Å²) in [5.74, 6) is -0.431. The highest BCUT2D eigenvalue weighted by molar-refractivity contribution is 5.75. The molecule has 2 saturated carbocycles. The Morgan fingerprint density at radius 1 is 1.22 bits per heavy atom. The lowest BCUT2D eigenvalue weighted by Crippen LogP contribution is -2.44. The van der Waals surface area contributed by atoms with E-state index in [-0.39, 0.29) is 17.5 Å². The molecule has 2 fully saturated rings. The van der Waals surface area contributed by atoms with Gasteiger partial charge in [0.1, 0.15) is 0 Å². The van der Waals surface area contributed by atoms with Gasteiger partial charge in [0, 0.05) is 12.1 Å². The minimum Gasteiger partial charge on any atom is -0.481 e. The van der Waals surface area contributed by atoms with E-state index in [0.29, 0.717) is 12.5 Å². The average Bonchev–Trinajstić information content (AvgIpc) is 3.04.